The molecule has 2 rings (SSSR count). The summed E-state index contributed by atoms with van der Waals surface area (Å²) in [4.78, 5) is 6.88. The summed E-state index contributed by atoms with van der Waals surface area (Å²) in [5.41, 5.74) is 2.45. The van der Waals surface area contributed by atoms with Gasteiger partial charge in [0, 0.05) is 25.3 Å². The number of nitrogens with zero attached hydrogens (tertiary/aromatic N) is 2. The van der Waals surface area contributed by atoms with Crippen LogP contribution in [0.5, 0.6) is 0 Å². The molecule has 0 radical (unpaired) electrons. The second-order valence-corrected chi connectivity index (χ2v) is 4.85. The molecule has 1 aromatic rings. The van der Waals surface area contributed by atoms with E-state index >= 15 is 0 Å². The number of pyridine rings is 1. The van der Waals surface area contributed by atoms with Gasteiger partial charge in [0.05, 0.1) is 11.4 Å². The summed E-state index contributed by atoms with van der Waals surface area (Å²) in [6, 6.07) is 4.86. The molecule has 1 N–H and O–H groups in total. The van der Waals surface area contributed by atoms with Crippen molar-refractivity contribution in [3.05, 3.63) is 24.0 Å². The molecule has 2 heterocycles. The molecule has 1 saturated heterocycles. The lowest BCUT2D eigenvalue weighted by atomic mass is 10.1. The highest BCUT2D eigenvalue weighted by Crippen LogP contribution is 2.19. The summed E-state index contributed by atoms with van der Waals surface area (Å²) < 4.78 is 0. The molecule has 0 saturated carbocycles. The Morgan fingerprint density at radius 1 is 1.53 bits per heavy atom. The Morgan fingerprint density at radius 3 is 3.18 bits per heavy atom. The Kier molecular flexibility index (Phi) is 4.37. The van der Waals surface area contributed by atoms with Crippen LogP contribution < -0.4 is 10.2 Å². The Morgan fingerprint density at radius 2 is 2.41 bits per heavy atom. The van der Waals surface area contributed by atoms with Gasteiger partial charge in [0.1, 0.15) is 0 Å². The van der Waals surface area contributed by atoms with Gasteiger partial charge in [-0.15, -0.1) is 0 Å². The molecular formula is C14H23N3. The Bertz CT molecular complexity index is 351. The molecule has 1 unspecified atom stereocenters. The summed E-state index contributed by atoms with van der Waals surface area (Å²) in [5, 5.41) is 3.64. The molecule has 94 valence electrons. The molecule has 0 amide bonds. The number of hydrogen-bond acceptors (Lipinski definition) is 3. The molecule has 0 bridgehead atoms. The lowest BCUT2D eigenvalue weighted by Crippen LogP contribution is -2.37. The van der Waals surface area contributed by atoms with E-state index in [9.17, 15) is 0 Å². The lowest BCUT2D eigenvalue weighted by molar-refractivity contribution is 0.502. The first-order chi connectivity index (χ1) is 8.31. The van der Waals surface area contributed by atoms with Crippen LogP contribution in [0.4, 0.5) is 5.69 Å². The fraction of sp³-hybridized carbons (Fsp3) is 0.643. The van der Waals surface area contributed by atoms with E-state index in [-0.39, 0.29) is 0 Å². The maximum atomic E-state index is 4.39. The molecule has 1 aliphatic rings. The SMILES string of the molecule is CCCC1CN(c2cccnc2C)CCCN1. The minimum absolute atomic E-state index is 0.627. The lowest BCUT2D eigenvalue weighted by Gasteiger charge is -2.27. The number of anilines is 1. The monoisotopic (exact) mass is 233 g/mol. The normalized spacial score (nSPS) is 21.3. The molecule has 0 spiro atoms. The summed E-state index contributed by atoms with van der Waals surface area (Å²) in [7, 11) is 0. The van der Waals surface area contributed by atoms with E-state index in [0.717, 1.165) is 25.3 Å². The third-order valence-electron chi connectivity index (χ3n) is 3.44. The van der Waals surface area contributed by atoms with Crippen LogP contribution in [0.3, 0.4) is 0 Å². The molecule has 1 atom stereocenters. The van der Waals surface area contributed by atoms with Crippen LogP contribution in [-0.2, 0) is 0 Å². The van der Waals surface area contributed by atoms with Gasteiger partial charge in [-0.2, -0.15) is 0 Å². The first-order valence-electron chi connectivity index (χ1n) is 6.71. The smallest absolute Gasteiger partial charge is 0.0605 e. The second-order valence-electron chi connectivity index (χ2n) is 4.85. The number of nitrogens with one attached hydrogen (secondary N) is 1. The van der Waals surface area contributed by atoms with E-state index in [1.165, 1.54) is 24.9 Å². The molecule has 3 nitrogen and oxygen atoms in total. The van der Waals surface area contributed by atoms with E-state index in [2.05, 4.69) is 35.1 Å². The molecule has 0 aromatic carbocycles. The summed E-state index contributed by atoms with van der Waals surface area (Å²) in [6.07, 6.45) is 5.60. The van der Waals surface area contributed by atoms with Gasteiger partial charge < -0.3 is 10.2 Å². The van der Waals surface area contributed by atoms with E-state index in [1.54, 1.807) is 0 Å². The highest BCUT2D eigenvalue weighted by atomic mass is 15.2. The largest absolute Gasteiger partial charge is 0.368 e. The van der Waals surface area contributed by atoms with Gasteiger partial charge >= 0.3 is 0 Å². The Balaban J connectivity index is 2.11. The zero-order valence-corrected chi connectivity index (χ0v) is 10.9. The van der Waals surface area contributed by atoms with Crippen molar-refractivity contribution in [3.63, 3.8) is 0 Å². The minimum Gasteiger partial charge on any atom is -0.368 e. The molecule has 1 aromatic heterocycles. The van der Waals surface area contributed by atoms with Crippen LogP contribution in [0, 0.1) is 6.92 Å². The van der Waals surface area contributed by atoms with Crippen molar-refractivity contribution in [2.45, 2.75) is 39.2 Å². The molecule has 1 aliphatic heterocycles. The average molecular weight is 233 g/mol. The second kappa shape index (κ2) is 6.01. The third kappa shape index (κ3) is 3.19. The summed E-state index contributed by atoms with van der Waals surface area (Å²) >= 11 is 0. The van der Waals surface area contributed by atoms with Crippen molar-refractivity contribution in [1.82, 2.24) is 10.3 Å². The quantitative estimate of drug-likeness (QED) is 0.868. The standard InChI is InChI=1S/C14H23N3/c1-3-6-13-11-17(10-5-9-16-13)14-7-4-8-15-12(14)2/h4,7-8,13,16H,3,5-6,9-11H2,1-2H3. The van der Waals surface area contributed by atoms with E-state index < -0.39 is 0 Å². The number of aromatic nitrogens is 1. The van der Waals surface area contributed by atoms with Crippen LogP contribution in [-0.4, -0.2) is 30.7 Å². The predicted molar refractivity (Wildman–Crippen MR) is 72.5 cm³/mol. The zero-order chi connectivity index (χ0) is 12.1. The molecule has 0 aliphatic carbocycles. The maximum Gasteiger partial charge on any atom is 0.0605 e. The van der Waals surface area contributed by atoms with Gasteiger partial charge in [-0.25, -0.2) is 0 Å². The van der Waals surface area contributed by atoms with Gasteiger partial charge in [0.25, 0.3) is 0 Å². The molecule has 17 heavy (non-hydrogen) atoms. The highest BCUT2D eigenvalue weighted by Gasteiger charge is 2.18. The van der Waals surface area contributed by atoms with Gasteiger partial charge in [-0.05, 0) is 38.4 Å². The van der Waals surface area contributed by atoms with E-state index in [1.807, 2.05) is 12.3 Å². The third-order valence-corrected chi connectivity index (χ3v) is 3.44. The molecule has 3 heteroatoms. The fourth-order valence-electron chi connectivity index (χ4n) is 2.57. The first-order valence-corrected chi connectivity index (χ1v) is 6.71. The zero-order valence-electron chi connectivity index (χ0n) is 10.9. The fourth-order valence-corrected chi connectivity index (χ4v) is 2.57. The van der Waals surface area contributed by atoms with Gasteiger partial charge in [-0.3, -0.25) is 4.98 Å². The van der Waals surface area contributed by atoms with Gasteiger partial charge in [-0.1, -0.05) is 13.3 Å². The van der Waals surface area contributed by atoms with Crippen LogP contribution in [0.25, 0.3) is 0 Å². The summed E-state index contributed by atoms with van der Waals surface area (Å²) in [6.45, 7) is 7.75. The highest BCUT2D eigenvalue weighted by molar-refractivity contribution is 5.50. The van der Waals surface area contributed by atoms with Crippen LogP contribution in [0.2, 0.25) is 0 Å². The molecular weight excluding hydrogens is 210 g/mol. The van der Waals surface area contributed by atoms with Crippen molar-refractivity contribution in [1.29, 1.82) is 0 Å². The van der Waals surface area contributed by atoms with Crippen LogP contribution >= 0.6 is 0 Å². The maximum absolute atomic E-state index is 4.39. The van der Waals surface area contributed by atoms with Crippen molar-refractivity contribution >= 4 is 5.69 Å². The van der Waals surface area contributed by atoms with Crippen molar-refractivity contribution in [2.75, 3.05) is 24.5 Å². The molecule has 1 fully saturated rings. The Labute approximate surface area is 104 Å². The predicted octanol–water partition coefficient (Wildman–Crippen LogP) is 2.36. The number of rotatable bonds is 3. The van der Waals surface area contributed by atoms with E-state index in [0.29, 0.717) is 6.04 Å². The van der Waals surface area contributed by atoms with Gasteiger partial charge in [0.15, 0.2) is 0 Å². The topological polar surface area (TPSA) is 28.2 Å². The van der Waals surface area contributed by atoms with E-state index in [4.69, 9.17) is 0 Å². The van der Waals surface area contributed by atoms with Gasteiger partial charge in [0.2, 0.25) is 0 Å². The summed E-state index contributed by atoms with van der Waals surface area (Å²) in [5.74, 6) is 0. The van der Waals surface area contributed by atoms with Crippen LogP contribution in [0.15, 0.2) is 18.3 Å². The number of hydrogen-bond donors (Lipinski definition) is 1. The minimum atomic E-state index is 0.627. The van der Waals surface area contributed by atoms with Crippen LogP contribution in [0.1, 0.15) is 31.9 Å². The number of aryl methyl sites for hydroxylation is 1. The van der Waals surface area contributed by atoms with Crippen molar-refractivity contribution in [3.8, 4) is 0 Å². The van der Waals surface area contributed by atoms with Crippen molar-refractivity contribution in [2.24, 2.45) is 0 Å². The average Bonchev–Trinajstić information content (AvgIpc) is 2.56. The Hall–Kier alpha value is -1.09. The van der Waals surface area contributed by atoms with Crippen molar-refractivity contribution < 1.29 is 0 Å². The first kappa shape index (κ1) is 12.4.